The lowest BCUT2D eigenvalue weighted by Crippen LogP contribution is -2.02. The zero-order valence-electron chi connectivity index (χ0n) is 14.3. The highest BCUT2D eigenvalue weighted by molar-refractivity contribution is 6.05. The molecule has 0 unspecified atom stereocenters. The highest BCUT2D eigenvalue weighted by Crippen LogP contribution is 2.34. The Morgan fingerprint density at radius 2 is 1.84 bits per heavy atom. The van der Waals surface area contributed by atoms with Crippen LogP contribution in [0.2, 0.25) is 0 Å². The molecule has 0 radical (unpaired) electrons. The first-order chi connectivity index (χ1) is 12.0. The van der Waals surface area contributed by atoms with Crippen LogP contribution in [0.3, 0.4) is 0 Å². The molecule has 0 amide bonds. The van der Waals surface area contributed by atoms with Gasteiger partial charge in [-0.25, -0.2) is 9.78 Å². The van der Waals surface area contributed by atoms with Crippen LogP contribution in [0.15, 0.2) is 46.9 Å². The molecule has 4 aromatic rings. The number of carbonyl (C=O) groups is 1. The quantitative estimate of drug-likeness (QED) is 0.543. The summed E-state index contributed by atoms with van der Waals surface area (Å²) in [6.45, 7) is 5.86. The fraction of sp³-hybridized carbons (Fsp3) is 0.143. The summed E-state index contributed by atoms with van der Waals surface area (Å²) >= 11 is 0. The van der Waals surface area contributed by atoms with Gasteiger partial charge in [0.25, 0.3) is 0 Å². The first-order valence-corrected chi connectivity index (χ1v) is 8.09. The zero-order valence-corrected chi connectivity index (χ0v) is 14.3. The van der Waals surface area contributed by atoms with Crippen molar-refractivity contribution in [2.24, 2.45) is 0 Å². The third-order valence-corrected chi connectivity index (χ3v) is 4.56. The van der Waals surface area contributed by atoms with Gasteiger partial charge in [0.05, 0.1) is 11.1 Å². The van der Waals surface area contributed by atoms with E-state index >= 15 is 0 Å². The molecule has 2 heterocycles. The highest BCUT2D eigenvalue weighted by atomic mass is 16.4. The van der Waals surface area contributed by atoms with Crippen molar-refractivity contribution < 1.29 is 14.3 Å². The normalized spacial score (nSPS) is 11.3. The molecule has 0 bridgehead atoms. The number of carboxylic acid groups (broad SMARTS) is 1. The monoisotopic (exact) mass is 331 g/mol. The SMILES string of the molecule is Cc1cc(C)c2c(C(=O)O)cc(-c3oc4ccccc4c3C)nc2c1. The fourth-order valence-corrected chi connectivity index (χ4v) is 3.46. The lowest BCUT2D eigenvalue weighted by molar-refractivity contribution is 0.0699. The molecule has 0 atom stereocenters. The Hall–Kier alpha value is -3.14. The summed E-state index contributed by atoms with van der Waals surface area (Å²) in [5.74, 6) is -0.348. The molecule has 25 heavy (non-hydrogen) atoms. The van der Waals surface area contributed by atoms with Crippen molar-refractivity contribution in [1.82, 2.24) is 4.98 Å². The number of nitrogens with zero attached hydrogens (tertiary/aromatic N) is 1. The van der Waals surface area contributed by atoms with Gasteiger partial charge >= 0.3 is 5.97 Å². The molecule has 0 spiro atoms. The van der Waals surface area contributed by atoms with Crippen LogP contribution in [0, 0.1) is 20.8 Å². The second-order valence-corrected chi connectivity index (χ2v) is 6.39. The first kappa shape index (κ1) is 15.4. The van der Waals surface area contributed by atoms with E-state index in [1.807, 2.05) is 57.2 Å². The Labute approximate surface area is 144 Å². The minimum Gasteiger partial charge on any atom is -0.478 e. The zero-order chi connectivity index (χ0) is 17.7. The molecule has 0 aliphatic heterocycles. The van der Waals surface area contributed by atoms with Crippen molar-refractivity contribution in [3.8, 4) is 11.5 Å². The second kappa shape index (κ2) is 5.45. The molecular weight excluding hydrogens is 314 g/mol. The molecule has 0 saturated carbocycles. The number of hydrogen-bond donors (Lipinski definition) is 1. The van der Waals surface area contributed by atoms with E-state index in [0.717, 1.165) is 27.7 Å². The van der Waals surface area contributed by atoms with Gasteiger partial charge in [-0.05, 0) is 50.1 Å². The van der Waals surface area contributed by atoms with Crippen molar-refractivity contribution in [2.75, 3.05) is 0 Å². The summed E-state index contributed by atoms with van der Waals surface area (Å²) in [6, 6.07) is 13.3. The van der Waals surface area contributed by atoms with Crippen LogP contribution in [-0.4, -0.2) is 16.1 Å². The topological polar surface area (TPSA) is 63.3 Å². The van der Waals surface area contributed by atoms with Crippen molar-refractivity contribution in [3.05, 3.63) is 64.7 Å². The van der Waals surface area contributed by atoms with Gasteiger partial charge in [-0.15, -0.1) is 0 Å². The second-order valence-electron chi connectivity index (χ2n) is 6.39. The van der Waals surface area contributed by atoms with E-state index in [9.17, 15) is 9.90 Å². The number of aromatic carboxylic acids is 1. The number of aryl methyl sites for hydroxylation is 3. The predicted molar refractivity (Wildman–Crippen MR) is 98.1 cm³/mol. The number of aromatic nitrogens is 1. The van der Waals surface area contributed by atoms with Gasteiger partial charge in [0.15, 0.2) is 5.76 Å². The molecule has 0 saturated heterocycles. The smallest absolute Gasteiger partial charge is 0.336 e. The van der Waals surface area contributed by atoms with Crippen LogP contribution in [-0.2, 0) is 0 Å². The Morgan fingerprint density at radius 1 is 1.08 bits per heavy atom. The minimum atomic E-state index is -0.964. The van der Waals surface area contributed by atoms with E-state index < -0.39 is 5.97 Å². The maximum Gasteiger partial charge on any atom is 0.336 e. The number of carboxylic acids is 1. The highest BCUT2D eigenvalue weighted by Gasteiger charge is 2.19. The van der Waals surface area contributed by atoms with Gasteiger partial charge in [-0.1, -0.05) is 24.3 Å². The number of para-hydroxylation sites is 1. The minimum absolute atomic E-state index is 0.248. The molecule has 4 nitrogen and oxygen atoms in total. The van der Waals surface area contributed by atoms with Gasteiger partial charge in [-0.2, -0.15) is 0 Å². The number of pyridine rings is 1. The Morgan fingerprint density at radius 3 is 2.56 bits per heavy atom. The summed E-state index contributed by atoms with van der Waals surface area (Å²) in [6.07, 6.45) is 0. The predicted octanol–water partition coefficient (Wildman–Crippen LogP) is 5.27. The van der Waals surface area contributed by atoms with E-state index in [1.54, 1.807) is 6.07 Å². The Kier molecular flexibility index (Phi) is 3.35. The summed E-state index contributed by atoms with van der Waals surface area (Å²) in [5, 5.41) is 11.4. The number of hydrogen-bond acceptors (Lipinski definition) is 3. The average Bonchev–Trinajstić information content (AvgIpc) is 2.90. The number of furan rings is 1. The molecule has 4 heteroatoms. The number of rotatable bonds is 2. The number of fused-ring (bicyclic) bond motifs is 2. The van der Waals surface area contributed by atoms with Gasteiger partial charge in [0.2, 0.25) is 0 Å². The lowest BCUT2D eigenvalue weighted by atomic mass is 9.99. The van der Waals surface area contributed by atoms with Crippen LogP contribution < -0.4 is 0 Å². The van der Waals surface area contributed by atoms with Gasteiger partial charge < -0.3 is 9.52 Å². The average molecular weight is 331 g/mol. The van der Waals surface area contributed by atoms with Crippen LogP contribution in [0.25, 0.3) is 33.3 Å². The van der Waals surface area contributed by atoms with E-state index in [4.69, 9.17) is 9.40 Å². The van der Waals surface area contributed by atoms with Crippen molar-refractivity contribution in [1.29, 1.82) is 0 Å². The van der Waals surface area contributed by atoms with Crippen LogP contribution in [0.4, 0.5) is 0 Å². The van der Waals surface area contributed by atoms with Gasteiger partial charge in [-0.3, -0.25) is 0 Å². The molecule has 1 N–H and O–H groups in total. The van der Waals surface area contributed by atoms with Crippen LogP contribution >= 0.6 is 0 Å². The molecule has 2 aromatic heterocycles. The molecule has 0 aliphatic carbocycles. The summed E-state index contributed by atoms with van der Waals surface area (Å²) in [5.41, 5.74) is 5.16. The van der Waals surface area contributed by atoms with Crippen molar-refractivity contribution >= 4 is 27.8 Å². The van der Waals surface area contributed by atoms with E-state index in [1.165, 1.54) is 0 Å². The molecule has 0 aliphatic rings. The largest absolute Gasteiger partial charge is 0.478 e. The summed E-state index contributed by atoms with van der Waals surface area (Å²) in [7, 11) is 0. The van der Waals surface area contributed by atoms with E-state index in [0.29, 0.717) is 22.4 Å². The Bertz CT molecular complexity index is 1150. The van der Waals surface area contributed by atoms with Gasteiger partial charge in [0.1, 0.15) is 11.3 Å². The first-order valence-electron chi connectivity index (χ1n) is 8.09. The maximum atomic E-state index is 11.8. The molecular formula is C21H17NO3. The Balaban J connectivity index is 2.08. The molecule has 4 rings (SSSR count). The molecule has 2 aromatic carbocycles. The van der Waals surface area contributed by atoms with Crippen molar-refractivity contribution in [2.45, 2.75) is 20.8 Å². The maximum absolute atomic E-state index is 11.8. The van der Waals surface area contributed by atoms with Gasteiger partial charge in [0, 0.05) is 16.3 Å². The molecule has 124 valence electrons. The standard InChI is InChI=1S/C21H17NO3/c1-11-8-12(2)19-15(21(23)24)10-17(22-16(19)9-11)20-13(3)14-6-4-5-7-18(14)25-20/h4-10H,1-3H3,(H,23,24). The summed E-state index contributed by atoms with van der Waals surface area (Å²) in [4.78, 5) is 16.5. The third kappa shape index (κ3) is 2.38. The van der Waals surface area contributed by atoms with Crippen molar-refractivity contribution in [3.63, 3.8) is 0 Å². The van der Waals surface area contributed by atoms with Crippen LogP contribution in [0.5, 0.6) is 0 Å². The fourth-order valence-electron chi connectivity index (χ4n) is 3.46. The molecule has 0 fully saturated rings. The van der Waals surface area contributed by atoms with Crippen LogP contribution in [0.1, 0.15) is 27.0 Å². The van der Waals surface area contributed by atoms with E-state index in [2.05, 4.69) is 0 Å². The lowest BCUT2D eigenvalue weighted by Gasteiger charge is -2.10. The third-order valence-electron chi connectivity index (χ3n) is 4.56. The number of benzene rings is 2. The summed E-state index contributed by atoms with van der Waals surface area (Å²) < 4.78 is 5.97. The van der Waals surface area contributed by atoms with E-state index in [-0.39, 0.29) is 5.56 Å².